The van der Waals surface area contributed by atoms with Gasteiger partial charge in [-0.3, -0.25) is 0 Å². The topological polar surface area (TPSA) is 9.72 Å². The van der Waals surface area contributed by atoms with Crippen molar-refractivity contribution in [1.29, 1.82) is 0 Å². The number of aryl methyl sites for hydroxylation is 1. The van der Waals surface area contributed by atoms with Crippen LogP contribution < -0.4 is 14.7 Å². The van der Waals surface area contributed by atoms with E-state index >= 15 is 0 Å². The lowest BCUT2D eigenvalue weighted by Crippen LogP contribution is -2.11. The summed E-state index contributed by atoms with van der Waals surface area (Å²) in [5.41, 5.74) is 17.2. The SMILES string of the molecule is C.C=CC.C=CCc1ccc(N(c2ccccc2)c2ccc(-c3ccc(N(c4ccccc4)c4ccc(-c5ccc(N(c6ccccc6)c6ccccc6)cc5)cc4)c(C)c3)cc2)cc1. The largest absolute Gasteiger partial charge is 0.311 e. The van der Waals surface area contributed by atoms with Crippen LogP contribution in [0.4, 0.5) is 51.2 Å². The molecule has 0 bridgehead atoms. The monoisotopic (exact) mass is 843 g/mol. The maximum atomic E-state index is 3.91. The Bertz CT molecular complexity index is 2820. The van der Waals surface area contributed by atoms with Crippen molar-refractivity contribution in [3.05, 3.63) is 273 Å². The molecule has 9 aromatic rings. The number of rotatable bonds is 13. The average molecular weight is 844 g/mol. The molecule has 0 spiro atoms. The molecular formula is C62H57N3. The Balaban J connectivity index is 0.00000153. The van der Waals surface area contributed by atoms with Crippen molar-refractivity contribution < 1.29 is 0 Å². The highest BCUT2D eigenvalue weighted by Crippen LogP contribution is 2.41. The van der Waals surface area contributed by atoms with E-state index in [1.165, 1.54) is 33.4 Å². The van der Waals surface area contributed by atoms with E-state index < -0.39 is 0 Å². The molecule has 9 rings (SSSR count). The zero-order valence-electron chi connectivity index (χ0n) is 36.6. The summed E-state index contributed by atoms with van der Waals surface area (Å²) in [6.45, 7) is 11.4. The Kier molecular flexibility index (Phi) is 15.0. The van der Waals surface area contributed by atoms with Crippen LogP contribution in [0.15, 0.2) is 262 Å². The summed E-state index contributed by atoms with van der Waals surface area (Å²) in [4.78, 5) is 6.95. The van der Waals surface area contributed by atoms with Gasteiger partial charge in [-0.15, -0.1) is 13.2 Å². The van der Waals surface area contributed by atoms with Crippen LogP contribution in [-0.4, -0.2) is 0 Å². The number of hydrogen-bond acceptors (Lipinski definition) is 3. The molecule has 0 aromatic heterocycles. The Hall–Kier alpha value is -8.14. The van der Waals surface area contributed by atoms with Gasteiger partial charge in [-0.1, -0.05) is 147 Å². The van der Waals surface area contributed by atoms with Crippen LogP contribution in [0.3, 0.4) is 0 Å². The summed E-state index contributed by atoms with van der Waals surface area (Å²) in [5.74, 6) is 0. The van der Waals surface area contributed by atoms with Gasteiger partial charge in [-0.2, -0.15) is 0 Å². The molecule has 0 heterocycles. The standard InChI is InChI=1S/C58H47N3.C3H6.CH4/c1-3-16-45-25-34-54(35-26-45)60(52-21-12-6-13-22-52)56-38-31-48(32-39-56)49-33-42-58(44(2)43-49)61(53-23-14-7-15-24-53)57-40-29-47(30-41-57)46-27-36-55(37-28-46)59(50-17-8-4-9-18-50)51-19-10-5-11-20-51;1-3-2;/h3-15,17-43H,1,16H2,2H3;3H,1H2,2H3;1H4. The van der Waals surface area contributed by atoms with E-state index in [2.05, 4.69) is 271 Å². The molecule has 0 aliphatic heterocycles. The third kappa shape index (κ3) is 10.6. The van der Waals surface area contributed by atoms with Gasteiger partial charge in [0.1, 0.15) is 0 Å². The molecule has 65 heavy (non-hydrogen) atoms. The van der Waals surface area contributed by atoms with Crippen molar-refractivity contribution in [2.24, 2.45) is 0 Å². The van der Waals surface area contributed by atoms with Crippen molar-refractivity contribution in [2.45, 2.75) is 27.7 Å². The molecule has 0 aliphatic carbocycles. The molecule has 9 aromatic carbocycles. The Morgan fingerprint density at radius 2 is 0.631 bits per heavy atom. The van der Waals surface area contributed by atoms with Gasteiger partial charge in [-0.05, 0) is 163 Å². The van der Waals surface area contributed by atoms with E-state index in [1.807, 2.05) is 13.0 Å². The Morgan fingerprint density at radius 1 is 0.354 bits per heavy atom. The van der Waals surface area contributed by atoms with Crippen LogP contribution >= 0.6 is 0 Å². The van der Waals surface area contributed by atoms with Crippen LogP contribution in [-0.2, 0) is 6.42 Å². The van der Waals surface area contributed by atoms with Crippen LogP contribution in [0.5, 0.6) is 0 Å². The van der Waals surface area contributed by atoms with Crippen LogP contribution in [0.25, 0.3) is 22.3 Å². The van der Waals surface area contributed by atoms with Gasteiger partial charge in [0.05, 0.1) is 0 Å². The fourth-order valence-electron chi connectivity index (χ4n) is 8.07. The van der Waals surface area contributed by atoms with Gasteiger partial charge in [0.2, 0.25) is 0 Å². The lowest BCUT2D eigenvalue weighted by molar-refractivity contribution is 1.24. The summed E-state index contributed by atoms with van der Waals surface area (Å²) >= 11 is 0. The average Bonchev–Trinajstić information content (AvgIpc) is 3.35. The second kappa shape index (κ2) is 21.8. The van der Waals surface area contributed by atoms with E-state index in [1.54, 1.807) is 6.08 Å². The molecule has 0 saturated carbocycles. The van der Waals surface area contributed by atoms with Gasteiger partial charge in [0, 0.05) is 51.2 Å². The summed E-state index contributed by atoms with van der Waals surface area (Å²) < 4.78 is 0. The van der Waals surface area contributed by atoms with Gasteiger partial charge in [0.15, 0.2) is 0 Å². The predicted molar refractivity (Wildman–Crippen MR) is 283 cm³/mol. The molecule has 320 valence electrons. The number of hydrogen-bond donors (Lipinski definition) is 0. The van der Waals surface area contributed by atoms with Crippen LogP contribution in [0.2, 0.25) is 0 Å². The van der Waals surface area contributed by atoms with E-state index in [-0.39, 0.29) is 7.43 Å². The van der Waals surface area contributed by atoms with Gasteiger partial charge in [-0.25, -0.2) is 0 Å². The fourth-order valence-corrected chi connectivity index (χ4v) is 8.07. The molecule has 0 unspecified atom stereocenters. The molecule has 3 nitrogen and oxygen atoms in total. The van der Waals surface area contributed by atoms with Crippen LogP contribution in [0.1, 0.15) is 25.5 Å². The molecule has 0 saturated heterocycles. The molecule has 3 heteroatoms. The van der Waals surface area contributed by atoms with E-state index in [9.17, 15) is 0 Å². The normalized spacial score (nSPS) is 10.4. The fraction of sp³-hybridized carbons (Fsp3) is 0.0645. The van der Waals surface area contributed by atoms with E-state index in [4.69, 9.17) is 0 Å². The molecule has 0 radical (unpaired) electrons. The lowest BCUT2D eigenvalue weighted by Gasteiger charge is -2.28. The van der Waals surface area contributed by atoms with Gasteiger partial charge >= 0.3 is 0 Å². The quantitative estimate of drug-likeness (QED) is 0.107. The van der Waals surface area contributed by atoms with Crippen molar-refractivity contribution in [3.63, 3.8) is 0 Å². The smallest absolute Gasteiger partial charge is 0.0491 e. The van der Waals surface area contributed by atoms with Crippen molar-refractivity contribution in [3.8, 4) is 22.3 Å². The summed E-state index contributed by atoms with van der Waals surface area (Å²) in [6, 6.07) is 84.4. The minimum Gasteiger partial charge on any atom is -0.311 e. The van der Waals surface area contributed by atoms with E-state index in [0.29, 0.717) is 0 Å². The van der Waals surface area contributed by atoms with Crippen molar-refractivity contribution >= 4 is 51.2 Å². The maximum absolute atomic E-state index is 3.91. The third-order valence-corrected chi connectivity index (χ3v) is 11.1. The minimum absolute atomic E-state index is 0. The van der Waals surface area contributed by atoms with Crippen molar-refractivity contribution in [2.75, 3.05) is 14.7 Å². The number of benzene rings is 9. The van der Waals surface area contributed by atoms with Gasteiger partial charge in [0.25, 0.3) is 0 Å². The zero-order valence-corrected chi connectivity index (χ0v) is 36.6. The highest BCUT2D eigenvalue weighted by atomic mass is 15.2. The zero-order chi connectivity index (χ0) is 44.1. The summed E-state index contributed by atoms with van der Waals surface area (Å²) in [7, 11) is 0. The number of nitrogens with zero attached hydrogens (tertiary/aromatic N) is 3. The first-order valence-corrected chi connectivity index (χ1v) is 21.8. The summed E-state index contributed by atoms with van der Waals surface area (Å²) in [6.07, 6.45) is 4.55. The highest BCUT2D eigenvalue weighted by molar-refractivity contribution is 5.84. The Labute approximate surface area is 387 Å². The van der Waals surface area contributed by atoms with Crippen molar-refractivity contribution in [1.82, 2.24) is 0 Å². The first kappa shape index (κ1) is 44.9. The van der Waals surface area contributed by atoms with Crippen LogP contribution in [0, 0.1) is 6.92 Å². The number of para-hydroxylation sites is 4. The summed E-state index contributed by atoms with van der Waals surface area (Å²) in [5, 5.41) is 0. The molecular weight excluding hydrogens is 787 g/mol. The minimum atomic E-state index is 0. The first-order valence-electron chi connectivity index (χ1n) is 21.8. The molecule has 0 N–H and O–H groups in total. The lowest BCUT2D eigenvalue weighted by atomic mass is 10.00. The molecule has 0 atom stereocenters. The highest BCUT2D eigenvalue weighted by Gasteiger charge is 2.18. The predicted octanol–water partition coefficient (Wildman–Crippen LogP) is 18.3. The van der Waals surface area contributed by atoms with Gasteiger partial charge < -0.3 is 14.7 Å². The molecule has 0 amide bonds. The molecule has 0 fully saturated rings. The number of anilines is 9. The Morgan fingerprint density at radius 3 is 0.969 bits per heavy atom. The molecule has 0 aliphatic rings. The second-order valence-electron chi connectivity index (χ2n) is 15.6. The number of allylic oxidation sites excluding steroid dienone is 2. The second-order valence-corrected chi connectivity index (χ2v) is 15.6. The van der Waals surface area contributed by atoms with E-state index in [0.717, 1.165) is 57.6 Å². The first-order chi connectivity index (χ1) is 31.5. The third-order valence-electron chi connectivity index (χ3n) is 11.1. The maximum Gasteiger partial charge on any atom is 0.0491 e.